The third-order valence-electron chi connectivity index (χ3n) is 10.9. The predicted octanol–water partition coefficient (Wildman–Crippen LogP) is 6.11. The number of carboxylic acid groups (broad SMARTS) is 1. The molecule has 0 rings (SSSR count). The number of alkyl halides is 17. The molecular weight excluding hydrogens is 667 g/mol. The van der Waals surface area contributed by atoms with E-state index in [-0.39, 0.29) is 0 Å². The summed E-state index contributed by atoms with van der Waals surface area (Å²) in [4.78, 5) is 12.0. The Labute approximate surface area is 248 Å². The number of halogens is 17. The summed E-state index contributed by atoms with van der Waals surface area (Å²) >= 11 is 0. The first kappa shape index (κ1) is 43.3. The van der Waals surface area contributed by atoms with Crippen molar-refractivity contribution >= 4 is 5.97 Å². The summed E-state index contributed by atoms with van der Waals surface area (Å²) in [5.74, 6) is -3.22. The molecule has 0 aliphatic carbocycles. The van der Waals surface area contributed by atoms with Gasteiger partial charge in [0.05, 0.1) is 113 Å². The lowest BCUT2D eigenvalue weighted by Crippen LogP contribution is -2.79. The van der Waals surface area contributed by atoms with Gasteiger partial charge in [-0.05, 0) is 0 Å². The Kier molecular flexibility index (Phi) is 15.8. The number of hydrogen-bond donors (Lipinski definition) is 0. The zero-order chi connectivity index (χ0) is 35.6. The Bertz CT molecular complexity index is 866. The molecule has 19 heteroatoms. The fourth-order valence-electron chi connectivity index (χ4n) is 7.20. The van der Waals surface area contributed by atoms with Crippen molar-refractivity contribution in [2.45, 2.75) is 0 Å². The Morgan fingerprint density at radius 3 is 0.667 bits per heavy atom. The van der Waals surface area contributed by atoms with Crippen LogP contribution in [0.15, 0.2) is 0 Å². The minimum absolute atomic E-state index is 2.64. The molecule has 0 heterocycles. The highest BCUT2D eigenvalue weighted by atomic mass is 19.2. The Hall–Kier alpha value is -1.72. The van der Waals surface area contributed by atoms with E-state index in [1.165, 1.54) is 0 Å². The molecule has 0 bridgehead atoms. The monoisotopic (exact) mass is 701 g/mol. The largest absolute Gasteiger partial charge is 0.549 e. The van der Waals surface area contributed by atoms with Gasteiger partial charge in [-0.1, -0.05) is 0 Å². The van der Waals surface area contributed by atoms with Crippen LogP contribution in [0.2, 0.25) is 0 Å². The molecule has 0 radical (unpaired) electrons. The maximum atomic E-state index is 15.4. The number of carbonyl (C=O) groups excluding carboxylic acids is 1. The van der Waals surface area contributed by atoms with E-state index >= 15 is 35.1 Å². The van der Waals surface area contributed by atoms with E-state index in [2.05, 4.69) is 0 Å². The first-order chi connectivity index (χ1) is 21.2. The van der Waals surface area contributed by atoms with Gasteiger partial charge < -0.3 is 9.90 Å². The third kappa shape index (κ3) is 4.90. The zero-order valence-corrected chi connectivity index (χ0v) is 23.8. The quantitative estimate of drug-likeness (QED) is 0.108. The van der Waals surface area contributed by atoms with Crippen LogP contribution in [0.25, 0.3) is 0 Å². The molecule has 0 unspecified atom stereocenters. The number of carbonyl (C=O) groups is 1. The highest BCUT2D eigenvalue weighted by Crippen LogP contribution is 2.74. The molecule has 0 aromatic rings. The van der Waals surface area contributed by atoms with Crippen molar-refractivity contribution in [1.29, 1.82) is 0 Å². The molecular formula is C26H34F17O2-. The molecule has 270 valence electrons. The van der Waals surface area contributed by atoms with Crippen molar-refractivity contribution in [2.24, 2.45) is 43.3 Å². The van der Waals surface area contributed by atoms with E-state index in [4.69, 9.17) is 0 Å². The molecule has 0 spiro atoms. The van der Waals surface area contributed by atoms with Crippen molar-refractivity contribution in [3.05, 3.63) is 0 Å². The molecule has 0 aliphatic rings. The number of hydrogen-bond acceptors (Lipinski definition) is 2. The molecule has 0 fully saturated rings. The van der Waals surface area contributed by atoms with E-state index in [0.717, 1.165) is 0 Å². The van der Waals surface area contributed by atoms with Gasteiger partial charge in [-0.25, -0.2) is 8.78 Å². The van der Waals surface area contributed by atoms with E-state index in [1.807, 2.05) is 0 Å². The number of rotatable bonds is 25. The van der Waals surface area contributed by atoms with Crippen LogP contribution in [-0.2, 0) is 4.79 Å². The fourth-order valence-corrected chi connectivity index (χ4v) is 7.20. The van der Waals surface area contributed by atoms with Gasteiger partial charge in [0.1, 0.15) is 33.4 Å². The summed E-state index contributed by atoms with van der Waals surface area (Å²) in [5, 5.41) is 12.0. The summed E-state index contributed by atoms with van der Waals surface area (Å²) in [6.45, 7) is -50.7. The molecule has 0 aliphatic heterocycles. The fraction of sp³-hybridized carbons (Fsp3) is 0.962. The average Bonchev–Trinajstić information content (AvgIpc) is 3.08. The smallest absolute Gasteiger partial charge is 0.104 e. The van der Waals surface area contributed by atoms with Crippen molar-refractivity contribution in [3.8, 4) is 0 Å². The second-order valence-corrected chi connectivity index (χ2v) is 11.4. The number of carboxylic acids is 1. The van der Waals surface area contributed by atoms with Crippen molar-refractivity contribution < 1.29 is 84.5 Å². The summed E-state index contributed by atoms with van der Waals surface area (Å²) in [7, 11) is 0. The van der Waals surface area contributed by atoms with Gasteiger partial charge in [0.25, 0.3) is 0 Å². The van der Waals surface area contributed by atoms with Crippen LogP contribution < -0.4 is 5.11 Å². The van der Waals surface area contributed by atoms with Crippen molar-refractivity contribution in [3.63, 3.8) is 0 Å². The highest BCUT2D eigenvalue weighted by molar-refractivity contribution is 5.75. The Morgan fingerprint density at radius 2 is 0.511 bits per heavy atom. The topological polar surface area (TPSA) is 40.1 Å². The minimum Gasteiger partial charge on any atom is -0.549 e. The molecule has 0 saturated carbocycles. The molecule has 0 atom stereocenters. The van der Waals surface area contributed by atoms with Gasteiger partial charge in [-0.2, -0.15) is 0 Å². The predicted molar refractivity (Wildman–Crippen MR) is 126 cm³/mol. The SMILES string of the molecule is O=C([O-])C(CF)(CF)C(CF)(CF)C(CF)(CF)C(CF)(CF)C(CF)(CF)C(CF)(CF)C(CF)(CF)C(CF)(CF)CF. The lowest BCUT2D eigenvalue weighted by molar-refractivity contribution is -0.349. The van der Waals surface area contributed by atoms with Crippen LogP contribution in [0.4, 0.5) is 74.6 Å². The molecule has 0 saturated heterocycles. The zero-order valence-electron chi connectivity index (χ0n) is 23.8. The lowest BCUT2D eigenvalue weighted by Gasteiger charge is -2.70. The van der Waals surface area contributed by atoms with Gasteiger partial charge >= 0.3 is 0 Å². The second kappa shape index (κ2) is 16.4. The molecule has 0 amide bonds. The minimum atomic E-state index is -4.88. The van der Waals surface area contributed by atoms with Gasteiger partial charge in [-0.15, -0.1) is 0 Å². The summed E-state index contributed by atoms with van der Waals surface area (Å²) < 4.78 is 254. The maximum Gasteiger partial charge on any atom is 0.104 e. The first-order valence-corrected chi connectivity index (χ1v) is 13.0. The van der Waals surface area contributed by atoms with Gasteiger partial charge in [-0.3, -0.25) is 65.9 Å². The van der Waals surface area contributed by atoms with Crippen LogP contribution in [0.3, 0.4) is 0 Å². The molecule has 0 aromatic carbocycles. The standard InChI is InChI=1S/C26H35F17O2/c27-1-19(2-28,3-29)21(6-32,7-33)23(10-36,11-37)25(14-40,15-41)26(16-42,17-43)24(12-38,13-39)22(8-34,9-35)20(4-30,5-31)18(44)45/h1-17H2,(H,44,45)/p-1. The maximum absolute atomic E-state index is 15.4. The highest BCUT2D eigenvalue weighted by Gasteiger charge is 2.83. The Morgan fingerprint density at radius 1 is 0.311 bits per heavy atom. The average molecular weight is 702 g/mol. The Balaban J connectivity index is 9.25. The summed E-state index contributed by atoms with van der Waals surface area (Å²) in [6.07, 6.45) is 0. The van der Waals surface area contributed by atoms with Gasteiger partial charge in [0.15, 0.2) is 0 Å². The van der Waals surface area contributed by atoms with Crippen molar-refractivity contribution in [2.75, 3.05) is 113 Å². The van der Waals surface area contributed by atoms with Gasteiger partial charge in [0, 0.05) is 16.2 Å². The van der Waals surface area contributed by atoms with Crippen molar-refractivity contribution in [1.82, 2.24) is 0 Å². The summed E-state index contributed by atoms with van der Waals surface area (Å²) in [6, 6.07) is 0. The molecule has 45 heavy (non-hydrogen) atoms. The van der Waals surface area contributed by atoms with Crippen LogP contribution >= 0.6 is 0 Å². The molecule has 0 N–H and O–H groups in total. The second-order valence-electron chi connectivity index (χ2n) is 11.4. The van der Waals surface area contributed by atoms with E-state index < -0.39 is 163 Å². The summed E-state index contributed by atoms with van der Waals surface area (Å²) in [5.41, 5.74) is -36.8. The third-order valence-corrected chi connectivity index (χ3v) is 10.9. The van der Waals surface area contributed by atoms with Crippen LogP contribution in [0, 0.1) is 43.3 Å². The number of aliphatic carboxylic acids is 1. The molecule has 0 aromatic heterocycles. The normalized spacial score (nSPS) is 14.7. The first-order valence-electron chi connectivity index (χ1n) is 13.0. The van der Waals surface area contributed by atoms with Crippen LogP contribution in [0.1, 0.15) is 0 Å². The lowest BCUT2D eigenvalue weighted by atomic mass is 9.33. The molecule has 2 nitrogen and oxygen atoms in total. The van der Waals surface area contributed by atoms with Gasteiger partial charge in [0.2, 0.25) is 0 Å². The van der Waals surface area contributed by atoms with E-state index in [9.17, 15) is 49.4 Å². The van der Waals surface area contributed by atoms with E-state index in [1.54, 1.807) is 0 Å². The van der Waals surface area contributed by atoms with Crippen LogP contribution in [0.5, 0.6) is 0 Å². The van der Waals surface area contributed by atoms with E-state index in [0.29, 0.717) is 0 Å². The van der Waals surface area contributed by atoms with Crippen LogP contribution in [-0.4, -0.2) is 119 Å².